The van der Waals surface area contributed by atoms with Gasteiger partial charge in [0, 0.05) is 12.2 Å². The van der Waals surface area contributed by atoms with Gasteiger partial charge in [0.15, 0.2) is 6.23 Å². The van der Waals surface area contributed by atoms with Crippen LogP contribution in [0.1, 0.15) is 26.7 Å². The average molecular weight is 236 g/mol. The topological polar surface area (TPSA) is 32.8 Å². The number of rotatable bonds is 1. The Kier molecular flexibility index (Phi) is 2.43. The molecule has 3 aliphatic rings. The van der Waals surface area contributed by atoms with E-state index in [1.165, 1.54) is 6.42 Å². The minimum absolute atomic E-state index is 0.0390. The summed E-state index contributed by atoms with van der Waals surface area (Å²) in [7, 11) is 0. The summed E-state index contributed by atoms with van der Waals surface area (Å²) in [5.41, 5.74) is 1.07. The Labute approximate surface area is 102 Å². The number of hydrogen-bond acceptors (Lipinski definition) is 3. The van der Waals surface area contributed by atoms with E-state index in [0.717, 1.165) is 18.7 Å². The molecule has 3 heterocycles. The highest BCUT2D eigenvalue weighted by Crippen LogP contribution is 2.37. The minimum Gasteiger partial charge on any atom is -0.366 e. The number of nitrogens with zero attached hydrogens (tertiary/aromatic N) is 2. The lowest BCUT2D eigenvalue weighted by molar-refractivity contribution is -0.132. The van der Waals surface area contributed by atoms with Crippen molar-refractivity contribution < 1.29 is 9.53 Å². The van der Waals surface area contributed by atoms with Gasteiger partial charge in [0.1, 0.15) is 6.10 Å². The number of carbonyl (C=O) groups excluding carboxylic acids is 1. The van der Waals surface area contributed by atoms with Crippen molar-refractivity contribution in [2.45, 2.75) is 45.1 Å². The molecule has 0 N–H and O–H groups in total. The number of ether oxygens (including phenoxy) is 1. The van der Waals surface area contributed by atoms with E-state index in [4.69, 9.17) is 4.74 Å². The van der Waals surface area contributed by atoms with Crippen LogP contribution in [0.5, 0.6) is 0 Å². The SMILES string of the molecule is C=C1CN2C(=O)C(C(C)C)OC2C2CCCN12. The van der Waals surface area contributed by atoms with Crippen molar-refractivity contribution >= 4 is 5.91 Å². The van der Waals surface area contributed by atoms with Crippen molar-refractivity contribution in [3.05, 3.63) is 12.3 Å². The first kappa shape index (κ1) is 11.1. The quantitative estimate of drug-likeness (QED) is 0.685. The van der Waals surface area contributed by atoms with Crippen LogP contribution in [0.4, 0.5) is 0 Å². The van der Waals surface area contributed by atoms with E-state index in [1.807, 2.05) is 18.7 Å². The van der Waals surface area contributed by atoms with Gasteiger partial charge in [-0.1, -0.05) is 20.4 Å². The molecule has 4 nitrogen and oxygen atoms in total. The normalized spacial score (nSPS) is 36.8. The standard InChI is InChI=1S/C13H20N2O2/c1-8(2)11-12(16)15-7-9(3)14-6-4-5-10(14)13(15)17-11/h8,10-11,13H,3-7H2,1-2H3. The predicted octanol–water partition coefficient (Wildman–Crippen LogP) is 1.19. The minimum atomic E-state index is -0.256. The van der Waals surface area contributed by atoms with Crippen LogP contribution in [0.25, 0.3) is 0 Å². The van der Waals surface area contributed by atoms with E-state index >= 15 is 0 Å². The molecule has 3 unspecified atom stereocenters. The third-order valence-corrected chi connectivity index (χ3v) is 4.11. The summed E-state index contributed by atoms with van der Waals surface area (Å²) in [6, 6.07) is 0.337. The van der Waals surface area contributed by atoms with Crippen LogP contribution in [0, 0.1) is 5.92 Å². The van der Waals surface area contributed by atoms with Crippen LogP contribution in [0.3, 0.4) is 0 Å². The van der Waals surface area contributed by atoms with Crippen LogP contribution >= 0.6 is 0 Å². The largest absolute Gasteiger partial charge is 0.366 e. The van der Waals surface area contributed by atoms with E-state index in [-0.39, 0.29) is 24.2 Å². The lowest BCUT2D eigenvalue weighted by Crippen LogP contribution is -2.54. The van der Waals surface area contributed by atoms with Crippen LogP contribution in [0.15, 0.2) is 12.3 Å². The summed E-state index contributed by atoms with van der Waals surface area (Å²) in [5, 5.41) is 0. The fraction of sp³-hybridized carbons (Fsp3) is 0.769. The van der Waals surface area contributed by atoms with Gasteiger partial charge >= 0.3 is 0 Å². The molecule has 4 heteroatoms. The van der Waals surface area contributed by atoms with E-state index in [9.17, 15) is 4.79 Å². The smallest absolute Gasteiger partial charge is 0.254 e. The summed E-state index contributed by atoms with van der Waals surface area (Å²) in [4.78, 5) is 16.5. The molecule has 17 heavy (non-hydrogen) atoms. The van der Waals surface area contributed by atoms with Gasteiger partial charge < -0.3 is 14.5 Å². The maximum Gasteiger partial charge on any atom is 0.254 e. The molecule has 0 bridgehead atoms. The average Bonchev–Trinajstić information content (AvgIpc) is 2.85. The molecule has 0 radical (unpaired) electrons. The Balaban J connectivity index is 1.88. The molecule has 3 aliphatic heterocycles. The van der Waals surface area contributed by atoms with Gasteiger partial charge in [-0.2, -0.15) is 0 Å². The zero-order valence-electron chi connectivity index (χ0n) is 10.6. The highest BCUT2D eigenvalue weighted by atomic mass is 16.5. The van der Waals surface area contributed by atoms with Crippen molar-refractivity contribution in [1.29, 1.82) is 0 Å². The van der Waals surface area contributed by atoms with Gasteiger partial charge in [-0.3, -0.25) is 4.79 Å². The van der Waals surface area contributed by atoms with Crippen molar-refractivity contribution in [2.75, 3.05) is 13.1 Å². The second-order valence-corrected chi connectivity index (χ2v) is 5.63. The van der Waals surface area contributed by atoms with Crippen LogP contribution in [0.2, 0.25) is 0 Å². The summed E-state index contributed by atoms with van der Waals surface area (Å²) in [6.45, 7) is 9.90. The molecular formula is C13H20N2O2. The highest BCUT2D eigenvalue weighted by Gasteiger charge is 2.51. The van der Waals surface area contributed by atoms with Gasteiger partial charge in [0.2, 0.25) is 0 Å². The molecule has 94 valence electrons. The summed E-state index contributed by atoms with van der Waals surface area (Å²) >= 11 is 0. The maximum absolute atomic E-state index is 12.3. The monoisotopic (exact) mass is 236 g/mol. The Morgan fingerprint density at radius 3 is 2.88 bits per heavy atom. The third-order valence-electron chi connectivity index (χ3n) is 4.11. The van der Waals surface area contributed by atoms with Gasteiger partial charge in [0.05, 0.1) is 12.6 Å². The number of amides is 1. The number of piperazine rings is 1. The van der Waals surface area contributed by atoms with Crippen molar-refractivity contribution in [3.63, 3.8) is 0 Å². The fourth-order valence-corrected chi connectivity index (χ4v) is 3.25. The molecule has 3 rings (SSSR count). The molecule has 3 atom stereocenters. The molecule has 0 aliphatic carbocycles. The molecule has 0 saturated carbocycles. The lowest BCUT2D eigenvalue weighted by Gasteiger charge is -2.42. The number of carbonyl (C=O) groups is 1. The number of hydrogen-bond donors (Lipinski definition) is 0. The first-order chi connectivity index (χ1) is 8.09. The van der Waals surface area contributed by atoms with E-state index in [2.05, 4.69) is 11.5 Å². The first-order valence-electron chi connectivity index (χ1n) is 6.50. The summed E-state index contributed by atoms with van der Waals surface area (Å²) in [5.74, 6) is 0.397. The van der Waals surface area contributed by atoms with Gasteiger partial charge in [-0.05, 0) is 18.8 Å². The molecule has 0 aromatic rings. The number of fused-ring (bicyclic) bond motifs is 3. The zero-order valence-corrected chi connectivity index (χ0v) is 10.6. The predicted molar refractivity (Wildman–Crippen MR) is 64.1 cm³/mol. The molecule has 3 saturated heterocycles. The van der Waals surface area contributed by atoms with Crippen molar-refractivity contribution in [2.24, 2.45) is 5.92 Å². The Morgan fingerprint density at radius 1 is 1.41 bits per heavy atom. The molecule has 1 amide bonds. The van der Waals surface area contributed by atoms with E-state index in [1.54, 1.807) is 0 Å². The van der Waals surface area contributed by atoms with Crippen LogP contribution < -0.4 is 0 Å². The zero-order chi connectivity index (χ0) is 12.2. The second kappa shape index (κ2) is 3.73. The Bertz CT molecular complexity index is 366. The van der Waals surface area contributed by atoms with E-state index < -0.39 is 0 Å². The first-order valence-corrected chi connectivity index (χ1v) is 6.50. The van der Waals surface area contributed by atoms with Crippen LogP contribution in [-0.2, 0) is 9.53 Å². The van der Waals surface area contributed by atoms with Crippen LogP contribution in [-0.4, -0.2) is 47.2 Å². The van der Waals surface area contributed by atoms with E-state index in [0.29, 0.717) is 12.6 Å². The molecule has 0 aromatic heterocycles. The molecule has 3 fully saturated rings. The van der Waals surface area contributed by atoms with Gasteiger partial charge in [-0.25, -0.2) is 0 Å². The molecule has 0 spiro atoms. The lowest BCUT2D eigenvalue weighted by atomic mass is 10.1. The Hall–Kier alpha value is -1.03. The van der Waals surface area contributed by atoms with Gasteiger partial charge in [-0.15, -0.1) is 0 Å². The third kappa shape index (κ3) is 1.50. The van der Waals surface area contributed by atoms with Crippen molar-refractivity contribution in [3.8, 4) is 0 Å². The van der Waals surface area contributed by atoms with Crippen molar-refractivity contribution in [1.82, 2.24) is 9.80 Å². The second-order valence-electron chi connectivity index (χ2n) is 5.63. The highest BCUT2D eigenvalue weighted by molar-refractivity contribution is 5.83. The molecular weight excluding hydrogens is 216 g/mol. The Morgan fingerprint density at radius 2 is 2.18 bits per heavy atom. The summed E-state index contributed by atoms with van der Waals surface area (Å²) < 4.78 is 5.99. The van der Waals surface area contributed by atoms with Gasteiger partial charge in [0.25, 0.3) is 5.91 Å². The maximum atomic E-state index is 12.3. The summed E-state index contributed by atoms with van der Waals surface area (Å²) in [6.07, 6.45) is 1.99. The molecule has 0 aromatic carbocycles. The fourth-order valence-electron chi connectivity index (χ4n) is 3.25.